The average Bonchev–Trinajstić information content (AvgIpc) is 2.84. The van der Waals surface area contributed by atoms with E-state index in [9.17, 15) is 13.2 Å². The van der Waals surface area contributed by atoms with Gasteiger partial charge in [-0.05, 0) is 69.2 Å². The minimum atomic E-state index is -3.94. The molecule has 1 aliphatic heterocycles. The van der Waals surface area contributed by atoms with E-state index >= 15 is 0 Å². The Bertz CT molecular complexity index is 1370. The number of piperazine rings is 1. The minimum absolute atomic E-state index is 0.169. The standard InChI is InChI=1S/C28H32ClN3O3S/c1-20-5-10-25(11-6-20)36(34,35)32(26-12-7-21(2)17-23(26)4)19-28(33)31-15-13-30(14-16-31)27-18-24(29)9-8-22(27)3/h5-12,17-18H,13-16,19H2,1-4H3. The first-order valence-electron chi connectivity index (χ1n) is 12.0. The second-order valence-electron chi connectivity index (χ2n) is 9.41. The fourth-order valence-corrected chi connectivity index (χ4v) is 6.21. The molecule has 6 nitrogen and oxygen atoms in total. The van der Waals surface area contributed by atoms with Crippen LogP contribution in [-0.2, 0) is 14.8 Å². The SMILES string of the molecule is Cc1ccc(S(=O)(=O)N(CC(=O)N2CCN(c3cc(Cl)ccc3C)CC2)c2ccc(C)cc2C)cc1. The molecule has 3 aromatic rings. The zero-order valence-electron chi connectivity index (χ0n) is 21.2. The molecule has 3 aromatic carbocycles. The lowest BCUT2D eigenvalue weighted by Gasteiger charge is -2.38. The van der Waals surface area contributed by atoms with Crippen LogP contribution in [0.3, 0.4) is 0 Å². The van der Waals surface area contributed by atoms with E-state index in [4.69, 9.17) is 11.6 Å². The van der Waals surface area contributed by atoms with E-state index in [0.29, 0.717) is 36.9 Å². The first-order valence-corrected chi connectivity index (χ1v) is 13.8. The van der Waals surface area contributed by atoms with Gasteiger partial charge in [0.15, 0.2) is 0 Å². The Balaban J connectivity index is 1.57. The molecule has 0 N–H and O–H groups in total. The molecule has 1 aliphatic rings. The van der Waals surface area contributed by atoms with Crippen LogP contribution in [0.25, 0.3) is 0 Å². The molecule has 1 fully saturated rings. The van der Waals surface area contributed by atoms with Gasteiger partial charge in [0.25, 0.3) is 10.0 Å². The van der Waals surface area contributed by atoms with Gasteiger partial charge in [-0.3, -0.25) is 9.10 Å². The summed E-state index contributed by atoms with van der Waals surface area (Å²) in [5.74, 6) is -0.215. The largest absolute Gasteiger partial charge is 0.368 e. The van der Waals surface area contributed by atoms with E-state index < -0.39 is 10.0 Å². The summed E-state index contributed by atoms with van der Waals surface area (Å²) in [5, 5.41) is 0.680. The molecule has 0 radical (unpaired) electrons. The zero-order valence-corrected chi connectivity index (χ0v) is 22.7. The fraction of sp³-hybridized carbons (Fsp3) is 0.321. The average molecular weight is 526 g/mol. The number of nitrogens with zero attached hydrogens (tertiary/aromatic N) is 3. The Labute approximate surface area is 219 Å². The van der Waals surface area contributed by atoms with Crippen LogP contribution in [0.5, 0.6) is 0 Å². The highest BCUT2D eigenvalue weighted by atomic mass is 35.5. The van der Waals surface area contributed by atoms with Crippen LogP contribution in [-0.4, -0.2) is 51.9 Å². The maximum Gasteiger partial charge on any atom is 0.264 e. The van der Waals surface area contributed by atoms with Crippen LogP contribution in [0.1, 0.15) is 22.3 Å². The van der Waals surface area contributed by atoms with Gasteiger partial charge in [-0.2, -0.15) is 0 Å². The van der Waals surface area contributed by atoms with Crippen LogP contribution < -0.4 is 9.21 Å². The number of anilines is 2. The van der Waals surface area contributed by atoms with Crippen LogP contribution in [0.2, 0.25) is 5.02 Å². The van der Waals surface area contributed by atoms with E-state index in [1.165, 1.54) is 4.31 Å². The predicted molar refractivity (Wildman–Crippen MR) is 147 cm³/mol. The molecule has 0 unspecified atom stereocenters. The van der Waals surface area contributed by atoms with Gasteiger partial charge in [0.05, 0.1) is 10.6 Å². The monoisotopic (exact) mass is 525 g/mol. The van der Waals surface area contributed by atoms with Gasteiger partial charge >= 0.3 is 0 Å². The van der Waals surface area contributed by atoms with Crippen molar-refractivity contribution >= 4 is 38.9 Å². The second-order valence-corrected chi connectivity index (χ2v) is 11.7. The Morgan fingerprint density at radius 1 is 0.833 bits per heavy atom. The molecule has 4 rings (SSSR count). The highest BCUT2D eigenvalue weighted by Gasteiger charge is 2.31. The van der Waals surface area contributed by atoms with Crippen molar-refractivity contribution in [2.45, 2.75) is 32.6 Å². The number of hydrogen-bond donors (Lipinski definition) is 0. The molecule has 1 heterocycles. The van der Waals surface area contributed by atoms with Gasteiger partial charge in [0.1, 0.15) is 6.54 Å². The number of hydrogen-bond acceptors (Lipinski definition) is 4. The molecule has 0 bridgehead atoms. The second kappa shape index (κ2) is 10.5. The van der Waals surface area contributed by atoms with Crippen LogP contribution >= 0.6 is 11.6 Å². The Hall–Kier alpha value is -3.03. The Morgan fingerprint density at radius 2 is 1.47 bits per heavy atom. The van der Waals surface area contributed by atoms with E-state index in [-0.39, 0.29) is 17.3 Å². The summed E-state index contributed by atoms with van der Waals surface area (Å²) in [6.07, 6.45) is 0. The summed E-state index contributed by atoms with van der Waals surface area (Å²) in [4.78, 5) is 17.6. The first-order chi connectivity index (χ1) is 17.1. The first kappa shape index (κ1) is 26.0. The van der Waals surface area contributed by atoms with E-state index in [1.54, 1.807) is 35.2 Å². The third kappa shape index (κ3) is 5.52. The molecular formula is C28H32ClN3O3S. The van der Waals surface area contributed by atoms with Crippen molar-refractivity contribution in [1.82, 2.24) is 4.90 Å². The maximum absolute atomic E-state index is 13.7. The number of rotatable bonds is 6. The fourth-order valence-electron chi connectivity index (χ4n) is 4.57. The van der Waals surface area contributed by atoms with Crippen LogP contribution in [0, 0.1) is 27.7 Å². The Kier molecular flexibility index (Phi) is 7.62. The van der Waals surface area contributed by atoms with Gasteiger partial charge in [-0.25, -0.2) is 8.42 Å². The lowest BCUT2D eigenvalue weighted by molar-refractivity contribution is -0.129. The van der Waals surface area contributed by atoms with Gasteiger partial charge < -0.3 is 9.80 Å². The highest BCUT2D eigenvalue weighted by molar-refractivity contribution is 7.92. The normalized spacial score (nSPS) is 14.1. The van der Waals surface area contributed by atoms with E-state index in [0.717, 1.165) is 27.9 Å². The summed E-state index contributed by atoms with van der Waals surface area (Å²) in [7, 11) is -3.94. The quantitative estimate of drug-likeness (QED) is 0.448. The van der Waals surface area contributed by atoms with E-state index in [2.05, 4.69) is 4.90 Å². The molecule has 8 heteroatoms. The smallest absolute Gasteiger partial charge is 0.264 e. The third-order valence-electron chi connectivity index (χ3n) is 6.65. The topological polar surface area (TPSA) is 60.9 Å². The molecule has 1 amide bonds. The maximum atomic E-state index is 13.7. The van der Waals surface area contributed by atoms with Gasteiger partial charge in [0.2, 0.25) is 5.91 Å². The molecule has 36 heavy (non-hydrogen) atoms. The Morgan fingerprint density at radius 3 is 2.11 bits per heavy atom. The number of carbonyl (C=O) groups is 1. The molecule has 0 aromatic heterocycles. The van der Waals surface area contributed by atoms with Crippen LogP contribution in [0.15, 0.2) is 65.6 Å². The summed E-state index contributed by atoms with van der Waals surface area (Å²) in [6.45, 7) is 9.86. The lowest BCUT2D eigenvalue weighted by Crippen LogP contribution is -2.52. The van der Waals surface area contributed by atoms with Crippen molar-refractivity contribution < 1.29 is 13.2 Å². The van der Waals surface area contributed by atoms with Gasteiger partial charge in [0, 0.05) is 36.9 Å². The van der Waals surface area contributed by atoms with Crippen molar-refractivity contribution in [3.8, 4) is 0 Å². The van der Waals surface area contributed by atoms with Gasteiger partial charge in [-0.1, -0.05) is 53.1 Å². The summed E-state index contributed by atoms with van der Waals surface area (Å²) in [5.41, 5.74) is 5.51. The van der Waals surface area contributed by atoms with Crippen LogP contribution in [0.4, 0.5) is 11.4 Å². The van der Waals surface area contributed by atoms with Crippen molar-refractivity contribution in [1.29, 1.82) is 0 Å². The van der Waals surface area contributed by atoms with E-state index in [1.807, 2.05) is 58.0 Å². The highest BCUT2D eigenvalue weighted by Crippen LogP contribution is 2.29. The summed E-state index contributed by atoms with van der Waals surface area (Å²) < 4.78 is 28.7. The number of aryl methyl sites for hydroxylation is 4. The number of sulfonamides is 1. The summed E-state index contributed by atoms with van der Waals surface area (Å²) in [6, 6.07) is 18.1. The molecule has 1 saturated heterocycles. The number of benzene rings is 3. The molecule has 0 saturated carbocycles. The molecule has 190 valence electrons. The van der Waals surface area contributed by atoms with Crippen molar-refractivity contribution in [2.75, 3.05) is 41.9 Å². The molecule has 0 aliphatic carbocycles. The van der Waals surface area contributed by atoms with Crippen molar-refractivity contribution in [3.63, 3.8) is 0 Å². The molecular weight excluding hydrogens is 494 g/mol. The molecule has 0 atom stereocenters. The molecule has 0 spiro atoms. The number of carbonyl (C=O) groups excluding carboxylic acids is 1. The van der Waals surface area contributed by atoms with Crippen molar-refractivity contribution in [3.05, 3.63) is 87.9 Å². The summed E-state index contributed by atoms with van der Waals surface area (Å²) >= 11 is 6.20. The minimum Gasteiger partial charge on any atom is -0.368 e. The predicted octanol–water partition coefficient (Wildman–Crippen LogP) is 5.12. The third-order valence-corrected chi connectivity index (χ3v) is 8.66. The van der Waals surface area contributed by atoms with Gasteiger partial charge in [-0.15, -0.1) is 0 Å². The zero-order chi connectivity index (χ0) is 26.0. The number of halogens is 1. The number of amides is 1. The lowest BCUT2D eigenvalue weighted by atomic mass is 10.1. The van der Waals surface area contributed by atoms with Crippen molar-refractivity contribution in [2.24, 2.45) is 0 Å².